The maximum absolute atomic E-state index is 5.15. The lowest BCUT2D eigenvalue weighted by Gasteiger charge is -2.01. The van der Waals surface area contributed by atoms with E-state index in [2.05, 4.69) is 6.92 Å². The predicted octanol–water partition coefficient (Wildman–Crippen LogP) is 3.20. The summed E-state index contributed by atoms with van der Waals surface area (Å²) in [5.74, 6) is 0. The molecular formula is C12H28OSi. The fourth-order valence-electron chi connectivity index (χ4n) is 1.73. The number of rotatable bonds is 11. The highest BCUT2D eigenvalue weighted by Crippen LogP contribution is 2.10. The topological polar surface area (TPSA) is 9.23 Å². The Morgan fingerprint density at radius 3 is 1.57 bits per heavy atom. The third kappa shape index (κ3) is 12.2. The van der Waals surface area contributed by atoms with E-state index in [1.165, 1.54) is 64.2 Å². The quantitative estimate of drug-likeness (QED) is 0.381. The SMILES string of the molecule is CCCCCCCCCCCCO[SiH3]. The molecule has 0 aliphatic heterocycles. The zero-order valence-corrected chi connectivity index (χ0v) is 12.2. The first-order chi connectivity index (χ1) is 6.91. The van der Waals surface area contributed by atoms with Crippen LogP contribution < -0.4 is 0 Å². The first-order valence-corrected chi connectivity index (χ1v) is 7.22. The molecule has 0 saturated heterocycles. The van der Waals surface area contributed by atoms with E-state index in [9.17, 15) is 0 Å². The van der Waals surface area contributed by atoms with Crippen molar-refractivity contribution in [2.45, 2.75) is 71.1 Å². The van der Waals surface area contributed by atoms with E-state index in [1.807, 2.05) is 0 Å². The Labute approximate surface area is 93.2 Å². The van der Waals surface area contributed by atoms with Gasteiger partial charge in [0.25, 0.3) is 0 Å². The van der Waals surface area contributed by atoms with Gasteiger partial charge in [-0.15, -0.1) is 0 Å². The molecule has 0 unspecified atom stereocenters. The van der Waals surface area contributed by atoms with Gasteiger partial charge in [0.05, 0.1) is 0 Å². The second-order valence-electron chi connectivity index (χ2n) is 4.17. The van der Waals surface area contributed by atoms with E-state index in [-0.39, 0.29) is 0 Å². The summed E-state index contributed by atoms with van der Waals surface area (Å²) >= 11 is 0. The highest BCUT2D eigenvalue weighted by Gasteiger charge is 1.91. The van der Waals surface area contributed by atoms with Crippen LogP contribution in [0.15, 0.2) is 0 Å². The lowest BCUT2D eigenvalue weighted by molar-refractivity contribution is 0.332. The van der Waals surface area contributed by atoms with Gasteiger partial charge in [-0.1, -0.05) is 64.7 Å². The normalized spacial score (nSPS) is 10.9. The molecule has 0 aliphatic rings. The second kappa shape index (κ2) is 13.2. The molecule has 86 valence electrons. The average molecular weight is 216 g/mol. The minimum Gasteiger partial charge on any atom is -0.428 e. The molecule has 0 amide bonds. The molecular weight excluding hydrogens is 188 g/mol. The molecule has 0 saturated carbocycles. The van der Waals surface area contributed by atoms with Crippen molar-refractivity contribution in [2.24, 2.45) is 0 Å². The highest BCUT2D eigenvalue weighted by molar-refractivity contribution is 5.97. The van der Waals surface area contributed by atoms with Crippen molar-refractivity contribution in [2.75, 3.05) is 6.61 Å². The van der Waals surface area contributed by atoms with Crippen molar-refractivity contribution in [3.05, 3.63) is 0 Å². The molecule has 2 heteroatoms. The maximum atomic E-state index is 5.15. The van der Waals surface area contributed by atoms with E-state index < -0.39 is 0 Å². The Hall–Kier alpha value is 0.177. The van der Waals surface area contributed by atoms with Gasteiger partial charge in [0.2, 0.25) is 0 Å². The van der Waals surface area contributed by atoms with E-state index in [1.54, 1.807) is 0 Å². The van der Waals surface area contributed by atoms with Crippen LogP contribution in [0.2, 0.25) is 0 Å². The molecule has 0 rings (SSSR count). The van der Waals surface area contributed by atoms with Gasteiger partial charge in [-0.25, -0.2) is 0 Å². The summed E-state index contributed by atoms with van der Waals surface area (Å²) in [4.78, 5) is 0. The molecule has 0 aliphatic carbocycles. The lowest BCUT2D eigenvalue weighted by Crippen LogP contribution is -1.89. The van der Waals surface area contributed by atoms with Crippen LogP contribution in [0.3, 0.4) is 0 Å². The fraction of sp³-hybridized carbons (Fsp3) is 1.00. The Bertz CT molecular complexity index is 84.3. The van der Waals surface area contributed by atoms with Crippen LogP contribution in [0.1, 0.15) is 71.1 Å². The van der Waals surface area contributed by atoms with Crippen LogP contribution in [-0.2, 0) is 4.43 Å². The molecule has 0 bridgehead atoms. The third-order valence-corrected chi connectivity index (χ3v) is 3.11. The molecule has 0 radical (unpaired) electrons. The molecule has 0 fully saturated rings. The minimum absolute atomic E-state index is 0.910. The van der Waals surface area contributed by atoms with Gasteiger partial charge in [-0.2, -0.15) is 0 Å². The van der Waals surface area contributed by atoms with Crippen molar-refractivity contribution in [1.29, 1.82) is 0 Å². The lowest BCUT2D eigenvalue weighted by atomic mass is 10.1. The van der Waals surface area contributed by atoms with Crippen LogP contribution in [0.4, 0.5) is 0 Å². The van der Waals surface area contributed by atoms with Gasteiger partial charge in [0.1, 0.15) is 10.5 Å². The molecule has 0 spiro atoms. The van der Waals surface area contributed by atoms with Crippen LogP contribution in [-0.4, -0.2) is 17.1 Å². The van der Waals surface area contributed by atoms with Crippen LogP contribution in [0.5, 0.6) is 0 Å². The number of hydrogen-bond acceptors (Lipinski definition) is 1. The minimum atomic E-state index is 0.910. The Balaban J connectivity index is 2.78. The molecule has 1 nitrogen and oxygen atoms in total. The number of unbranched alkanes of at least 4 members (excludes halogenated alkanes) is 9. The standard InChI is InChI=1S/C12H28OSi/c1-2-3-4-5-6-7-8-9-10-11-12-13-14/h2-12H2,1,14H3. The van der Waals surface area contributed by atoms with E-state index in [0.29, 0.717) is 0 Å². The van der Waals surface area contributed by atoms with E-state index in [0.717, 1.165) is 17.1 Å². The maximum Gasteiger partial charge on any atom is 0.145 e. The van der Waals surface area contributed by atoms with Crippen LogP contribution in [0, 0.1) is 0 Å². The smallest absolute Gasteiger partial charge is 0.145 e. The highest BCUT2D eigenvalue weighted by atomic mass is 28.2. The molecule has 0 heterocycles. The van der Waals surface area contributed by atoms with Crippen molar-refractivity contribution in [3.63, 3.8) is 0 Å². The molecule has 0 aromatic rings. The van der Waals surface area contributed by atoms with Crippen molar-refractivity contribution >= 4 is 10.5 Å². The molecule has 0 atom stereocenters. The zero-order valence-electron chi connectivity index (χ0n) is 10.2. The van der Waals surface area contributed by atoms with Crippen LogP contribution >= 0.6 is 0 Å². The second-order valence-corrected chi connectivity index (χ2v) is 4.75. The summed E-state index contributed by atoms with van der Waals surface area (Å²) in [7, 11) is 0.910. The summed E-state index contributed by atoms with van der Waals surface area (Å²) in [5, 5.41) is 0. The molecule has 0 N–H and O–H groups in total. The molecule has 0 aromatic carbocycles. The first-order valence-electron chi connectivity index (χ1n) is 6.40. The van der Waals surface area contributed by atoms with Gasteiger partial charge in [0, 0.05) is 6.61 Å². The summed E-state index contributed by atoms with van der Waals surface area (Å²) in [6, 6.07) is 0. The van der Waals surface area contributed by atoms with Gasteiger partial charge < -0.3 is 4.43 Å². The monoisotopic (exact) mass is 216 g/mol. The van der Waals surface area contributed by atoms with Crippen molar-refractivity contribution in [1.82, 2.24) is 0 Å². The van der Waals surface area contributed by atoms with Gasteiger partial charge in [0.15, 0.2) is 0 Å². The zero-order chi connectivity index (χ0) is 10.5. The largest absolute Gasteiger partial charge is 0.428 e. The Kier molecular flexibility index (Phi) is 13.3. The summed E-state index contributed by atoms with van der Waals surface area (Å²) in [5.41, 5.74) is 0. The molecule has 0 aromatic heterocycles. The van der Waals surface area contributed by atoms with Gasteiger partial charge >= 0.3 is 0 Å². The number of hydrogen-bond donors (Lipinski definition) is 0. The van der Waals surface area contributed by atoms with Crippen molar-refractivity contribution < 1.29 is 4.43 Å². The third-order valence-electron chi connectivity index (χ3n) is 2.70. The predicted molar refractivity (Wildman–Crippen MR) is 67.7 cm³/mol. The Morgan fingerprint density at radius 2 is 1.14 bits per heavy atom. The Morgan fingerprint density at radius 1 is 0.714 bits per heavy atom. The summed E-state index contributed by atoms with van der Waals surface area (Å²) in [6.45, 7) is 3.28. The molecule has 14 heavy (non-hydrogen) atoms. The van der Waals surface area contributed by atoms with Crippen molar-refractivity contribution in [3.8, 4) is 0 Å². The average Bonchev–Trinajstić information content (AvgIpc) is 2.21. The van der Waals surface area contributed by atoms with E-state index >= 15 is 0 Å². The van der Waals surface area contributed by atoms with Gasteiger partial charge in [-0.3, -0.25) is 0 Å². The fourth-order valence-corrected chi connectivity index (χ4v) is 2.02. The van der Waals surface area contributed by atoms with Gasteiger partial charge in [-0.05, 0) is 6.42 Å². The van der Waals surface area contributed by atoms with Crippen LogP contribution in [0.25, 0.3) is 0 Å². The summed E-state index contributed by atoms with van der Waals surface area (Å²) in [6.07, 6.45) is 14.1. The van der Waals surface area contributed by atoms with E-state index in [4.69, 9.17) is 4.43 Å². The first kappa shape index (κ1) is 14.2. The summed E-state index contributed by atoms with van der Waals surface area (Å²) < 4.78 is 5.15.